The van der Waals surface area contributed by atoms with Gasteiger partial charge >= 0.3 is 0 Å². The zero-order valence-electron chi connectivity index (χ0n) is 9.51. The lowest BCUT2D eigenvalue weighted by Gasteiger charge is -2.15. The monoisotopic (exact) mass is 290 g/mol. The minimum Gasteiger partial charge on any atom is -0.330 e. The van der Waals surface area contributed by atoms with Crippen molar-refractivity contribution >= 4 is 15.9 Å². The molecule has 1 heterocycles. The third-order valence-electron chi connectivity index (χ3n) is 2.80. The van der Waals surface area contributed by atoms with Crippen molar-refractivity contribution in [2.75, 3.05) is 6.54 Å². The molecule has 2 rings (SSSR count). The Labute approximate surface area is 110 Å². The van der Waals surface area contributed by atoms with E-state index >= 15 is 0 Å². The number of benzene rings is 1. The molecule has 0 spiro atoms. The highest BCUT2D eigenvalue weighted by Crippen LogP contribution is 2.20. The van der Waals surface area contributed by atoms with Gasteiger partial charge in [-0.05, 0) is 46.1 Å². The fraction of sp³-hybridized carbons (Fsp3) is 0.214. The first-order valence-electron chi connectivity index (χ1n) is 5.64. The van der Waals surface area contributed by atoms with Crippen LogP contribution in [0.1, 0.15) is 17.0 Å². The molecule has 0 aliphatic heterocycles. The summed E-state index contributed by atoms with van der Waals surface area (Å²) < 4.78 is 1.01. The second-order valence-electron chi connectivity index (χ2n) is 4.06. The Balaban J connectivity index is 2.16. The summed E-state index contributed by atoms with van der Waals surface area (Å²) in [5.74, 6) is 0.354. The highest BCUT2D eigenvalue weighted by Gasteiger charge is 2.10. The van der Waals surface area contributed by atoms with Crippen molar-refractivity contribution in [1.29, 1.82) is 0 Å². The van der Waals surface area contributed by atoms with Crippen molar-refractivity contribution in [2.24, 2.45) is 5.73 Å². The number of halogens is 1. The molecule has 17 heavy (non-hydrogen) atoms. The summed E-state index contributed by atoms with van der Waals surface area (Å²) in [4.78, 5) is 4.18. The van der Waals surface area contributed by atoms with Crippen LogP contribution in [0.25, 0.3) is 0 Å². The number of nitrogens with zero attached hydrogens (tertiary/aromatic N) is 1. The smallest absolute Gasteiger partial charge is 0.0410 e. The molecular weight excluding hydrogens is 276 g/mol. The second kappa shape index (κ2) is 5.94. The molecule has 2 nitrogen and oxygen atoms in total. The van der Waals surface area contributed by atoms with E-state index in [1.807, 2.05) is 12.3 Å². The van der Waals surface area contributed by atoms with Crippen molar-refractivity contribution in [3.8, 4) is 0 Å². The molecule has 0 bridgehead atoms. The Morgan fingerprint density at radius 2 is 1.94 bits per heavy atom. The van der Waals surface area contributed by atoms with Crippen LogP contribution >= 0.6 is 15.9 Å². The molecule has 0 saturated heterocycles. The molecule has 2 aromatic rings. The molecule has 0 aliphatic rings. The Bertz CT molecular complexity index is 471. The van der Waals surface area contributed by atoms with Crippen molar-refractivity contribution < 1.29 is 0 Å². The summed E-state index contributed by atoms with van der Waals surface area (Å²) >= 11 is 3.44. The molecule has 0 radical (unpaired) electrons. The lowest BCUT2D eigenvalue weighted by atomic mass is 9.93. The molecule has 2 N–H and O–H groups in total. The van der Waals surface area contributed by atoms with Gasteiger partial charge in [0.1, 0.15) is 0 Å². The van der Waals surface area contributed by atoms with Crippen molar-refractivity contribution in [1.82, 2.24) is 4.98 Å². The van der Waals surface area contributed by atoms with Gasteiger partial charge in [0.25, 0.3) is 0 Å². The summed E-state index contributed by atoms with van der Waals surface area (Å²) in [6, 6.07) is 12.5. The van der Waals surface area contributed by atoms with Crippen LogP contribution in [0.15, 0.2) is 53.3 Å². The molecule has 0 fully saturated rings. The minimum absolute atomic E-state index is 0.354. The summed E-state index contributed by atoms with van der Waals surface area (Å²) in [5.41, 5.74) is 8.35. The fourth-order valence-electron chi connectivity index (χ4n) is 1.91. The summed E-state index contributed by atoms with van der Waals surface area (Å²) in [6.45, 7) is 0.649. The van der Waals surface area contributed by atoms with Crippen LogP contribution in [0.4, 0.5) is 0 Å². The van der Waals surface area contributed by atoms with Crippen LogP contribution in [0.2, 0.25) is 0 Å². The Morgan fingerprint density at radius 1 is 1.18 bits per heavy atom. The Morgan fingerprint density at radius 3 is 2.59 bits per heavy atom. The molecule has 0 aliphatic carbocycles. The van der Waals surface area contributed by atoms with E-state index < -0.39 is 0 Å². The second-order valence-corrected chi connectivity index (χ2v) is 4.97. The van der Waals surface area contributed by atoms with E-state index in [0.717, 1.165) is 10.9 Å². The van der Waals surface area contributed by atoms with E-state index in [9.17, 15) is 0 Å². The van der Waals surface area contributed by atoms with Crippen LogP contribution in [0.5, 0.6) is 0 Å². The maximum atomic E-state index is 5.86. The first-order chi connectivity index (χ1) is 8.29. The number of rotatable bonds is 4. The highest BCUT2D eigenvalue weighted by atomic mass is 79.9. The van der Waals surface area contributed by atoms with Gasteiger partial charge in [-0.1, -0.05) is 30.3 Å². The SMILES string of the molecule is NC[C@H](Cc1cncc(Br)c1)c1ccccc1. The number of nitrogens with two attached hydrogens (primary N) is 1. The zero-order valence-corrected chi connectivity index (χ0v) is 11.1. The van der Waals surface area contributed by atoms with Gasteiger partial charge in [0.2, 0.25) is 0 Å². The molecule has 3 heteroatoms. The number of pyridine rings is 1. The molecule has 1 aromatic carbocycles. The topological polar surface area (TPSA) is 38.9 Å². The van der Waals surface area contributed by atoms with E-state index in [1.165, 1.54) is 11.1 Å². The quantitative estimate of drug-likeness (QED) is 0.940. The Kier molecular flexibility index (Phi) is 4.29. The van der Waals surface area contributed by atoms with Gasteiger partial charge in [-0.15, -0.1) is 0 Å². The van der Waals surface area contributed by atoms with E-state index in [-0.39, 0.29) is 0 Å². The van der Waals surface area contributed by atoms with Crippen LogP contribution in [-0.2, 0) is 6.42 Å². The largest absolute Gasteiger partial charge is 0.330 e. The number of hydrogen-bond donors (Lipinski definition) is 1. The minimum atomic E-state index is 0.354. The van der Waals surface area contributed by atoms with E-state index in [1.54, 1.807) is 6.20 Å². The third kappa shape index (κ3) is 3.38. The van der Waals surface area contributed by atoms with Crippen LogP contribution in [0.3, 0.4) is 0 Å². The van der Waals surface area contributed by atoms with E-state index in [0.29, 0.717) is 12.5 Å². The van der Waals surface area contributed by atoms with E-state index in [4.69, 9.17) is 5.73 Å². The van der Waals surface area contributed by atoms with Gasteiger partial charge in [-0.25, -0.2) is 0 Å². The average molecular weight is 291 g/mol. The lowest BCUT2D eigenvalue weighted by molar-refractivity contribution is 0.692. The van der Waals surface area contributed by atoms with Gasteiger partial charge in [0, 0.05) is 22.8 Å². The zero-order chi connectivity index (χ0) is 12.1. The predicted octanol–water partition coefficient (Wildman–Crippen LogP) is 3.13. The molecule has 88 valence electrons. The first kappa shape index (κ1) is 12.3. The molecular formula is C14H15BrN2. The predicted molar refractivity (Wildman–Crippen MR) is 73.9 cm³/mol. The van der Waals surface area contributed by atoms with Gasteiger partial charge in [0.15, 0.2) is 0 Å². The third-order valence-corrected chi connectivity index (χ3v) is 3.23. The van der Waals surface area contributed by atoms with Gasteiger partial charge in [-0.2, -0.15) is 0 Å². The number of aromatic nitrogens is 1. The molecule has 0 unspecified atom stereocenters. The average Bonchev–Trinajstić information content (AvgIpc) is 2.37. The van der Waals surface area contributed by atoms with Gasteiger partial charge < -0.3 is 5.73 Å². The van der Waals surface area contributed by atoms with Crippen molar-refractivity contribution in [2.45, 2.75) is 12.3 Å². The summed E-state index contributed by atoms with van der Waals surface area (Å²) in [5, 5.41) is 0. The van der Waals surface area contributed by atoms with Gasteiger partial charge in [-0.3, -0.25) is 4.98 Å². The highest BCUT2D eigenvalue weighted by molar-refractivity contribution is 9.10. The number of hydrogen-bond acceptors (Lipinski definition) is 2. The molecule has 0 saturated carbocycles. The van der Waals surface area contributed by atoms with Crippen LogP contribution < -0.4 is 5.73 Å². The van der Waals surface area contributed by atoms with Crippen molar-refractivity contribution in [3.05, 3.63) is 64.4 Å². The summed E-state index contributed by atoms with van der Waals surface area (Å²) in [6.07, 6.45) is 4.62. The van der Waals surface area contributed by atoms with Crippen molar-refractivity contribution in [3.63, 3.8) is 0 Å². The maximum Gasteiger partial charge on any atom is 0.0410 e. The molecule has 1 atom stereocenters. The van der Waals surface area contributed by atoms with Crippen LogP contribution in [-0.4, -0.2) is 11.5 Å². The maximum absolute atomic E-state index is 5.86. The van der Waals surface area contributed by atoms with E-state index in [2.05, 4.69) is 51.2 Å². The Hall–Kier alpha value is -1.19. The molecule has 1 aromatic heterocycles. The normalized spacial score (nSPS) is 12.4. The lowest BCUT2D eigenvalue weighted by Crippen LogP contribution is -2.15. The standard InChI is InChI=1S/C14H15BrN2/c15-14-7-11(9-17-10-14)6-13(8-16)12-4-2-1-3-5-12/h1-5,7,9-10,13H,6,8,16H2/t13-/m0/s1. The first-order valence-corrected chi connectivity index (χ1v) is 6.43. The van der Waals surface area contributed by atoms with Crippen LogP contribution in [0, 0.1) is 0 Å². The summed E-state index contributed by atoms with van der Waals surface area (Å²) in [7, 11) is 0. The molecule has 0 amide bonds. The fourth-order valence-corrected chi connectivity index (χ4v) is 2.33. The van der Waals surface area contributed by atoms with Gasteiger partial charge in [0.05, 0.1) is 0 Å².